The number of hydrogen-bond donors (Lipinski definition) is 1. The molecule has 0 bridgehead atoms. The number of carbonyl (C=O) groups excluding carboxylic acids is 2. The monoisotopic (exact) mass is 527 g/mol. The van der Waals surface area contributed by atoms with Gasteiger partial charge in [0.2, 0.25) is 0 Å². The Morgan fingerprint density at radius 1 is 0.971 bits per heavy atom. The zero-order valence-corrected chi connectivity index (χ0v) is 19.6. The summed E-state index contributed by atoms with van der Waals surface area (Å²) in [6, 6.07) is 14.7. The number of nitrogens with one attached hydrogen (secondary N) is 1. The highest BCUT2D eigenvalue weighted by molar-refractivity contribution is 9.10. The Hall–Kier alpha value is -4.25. The number of nitro groups is 1. The third-order valence-electron chi connectivity index (χ3n) is 4.48. The molecule has 0 aliphatic carbocycles. The van der Waals surface area contributed by atoms with E-state index in [9.17, 15) is 19.7 Å². The van der Waals surface area contributed by atoms with Crippen molar-refractivity contribution in [1.82, 2.24) is 5.43 Å². The average molecular weight is 528 g/mol. The van der Waals surface area contributed by atoms with Gasteiger partial charge in [0.1, 0.15) is 5.75 Å². The molecule has 3 aromatic carbocycles. The molecule has 0 saturated heterocycles. The minimum atomic E-state index is -0.640. The number of non-ortho nitro benzene ring substituents is 1. The second-order valence-corrected chi connectivity index (χ2v) is 7.56. The molecular weight excluding hydrogens is 510 g/mol. The number of rotatable bonds is 8. The standard InChI is InChI=1S/C23H18BrN3O7/c1-32-20-8-6-15(12-21(20)33-2)23(29)34-19-9-7-17(24)10-16(19)13-25-26-22(28)14-4-3-5-18(11-14)27(30)31/h3-13H,1-2H3,(H,26,28)/b25-13+. The van der Waals surface area contributed by atoms with Gasteiger partial charge >= 0.3 is 5.97 Å². The van der Waals surface area contributed by atoms with E-state index >= 15 is 0 Å². The normalized spacial score (nSPS) is 10.6. The number of carbonyl (C=O) groups is 2. The SMILES string of the molecule is COc1ccc(C(=O)Oc2ccc(Br)cc2/C=N/NC(=O)c2cccc([N+](=O)[O-])c2)cc1OC. The molecule has 0 unspecified atom stereocenters. The van der Waals surface area contributed by atoms with Gasteiger partial charge in [-0.15, -0.1) is 0 Å². The molecule has 0 heterocycles. The molecule has 3 aromatic rings. The average Bonchev–Trinajstić information content (AvgIpc) is 2.84. The summed E-state index contributed by atoms with van der Waals surface area (Å²) in [6.07, 6.45) is 1.29. The van der Waals surface area contributed by atoms with Crippen LogP contribution in [0.25, 0.3) is 0 Å². The van der Waals surface area contributed by atoms with Crippen LogP contribution in [0.15, 0.2) is 70.2 Å². The quantitative estimate of drug-likeness (QED) is 0.151. The van der Waals surface area contributed by atoms with Crippen molar-refractivity contribution < 1.29 is 28.7 Å². The van der Waals surface area contributed by atoms with Gasteiger partial charge in [-0.25, -0.2) is 10.2 Å². The van der Waals surface area contributed by atoms with Gasteiger partial charge in [0.25, 0.3) is 11.6 Å². The lowest BCUT2D eigenvalue weighted by atomic mass is 10.2. The van der Waals surface area contributed by atoms with Crippen LogP contribution >= 0.6 is 15.9 Å². The molecule has 0 radical (unpaired) electrons. The molecule has 34 heavy (non-hydrogen) atoms. The van der Waals surface area contributed by atoms with Crippen LogP contribution in [0.4, 0.5) is 5.69 Å². The first kappa shape index (κ1) is 24.4. The Bertz CT molecular complexity index is 1280. The molecule has 1 amide bonds. The van der Waals surface area contributed by atoms with Crippen LogP contribution < -0.4 is 19.6 Å². The summed E-state index contributed by atoms with van der Waals surface area (Å²) >= 11 is 3.34. The predicted molar refractivity (Wildman–Crippen MR) is 127 cm³/mol. The number of nitro benzene ring substituents is 1. The van der Waals surface area contributed by atoms with E-state index in [4.69, 9.17) is 14.2 Å². The van der Waals surface area contributed by atoms with E-state index in [1.807, 2.05) is 0 Å². The van der Waals surface area contributed by atoms with Gasteiger partial charge in [0.05, 0.1) is 30.9 Å². The van der Waals surface area contributed by atoms with E-state index < -0.39 is 16.8 Å². The molecule has 0 aromatic heterocycles. The van der Waals surface area contributed by atoms with Crippen LogP contribution in [-0.4, -0.2) is 37.2 Å². The molecule has 0 aliphatic heterocycles. The molecule has 174 valence electrons. The smallest absolute Gasteiger partial charge is 0.343 e. The maximum absolute atomic E-state index is 12.7. The summed E-state index contributed by atoms with van der Waals surface area (Å²) in [7, 11) is 2.94. The van der Waals surface area contributed by atoms with Crippen molar-refractivity contribution >= 4 is 39.7 Å². The molecule has 10 nitrogen and oxygen atoms in total. The molecule has 0 saturated carbocycles. The van der Waals surface area contributed by atoms with Crippen molar-refractivity contribution in [3.8, 4) is 17.2 Å². The van der Waals surface area contributed by atoms with Crippen molar-refractivity contribution in [3.63, 3.8) is 0 Å². The summed E-state index contributed by atoms with van der Waals surface area (Å²) in [6.45, 7) is 0. The second kappa shape index (κ2) is 11.1. The van der Waals surface area contributed by atoms with Crippen LogP contribution in [0.3, 0.4) is 0 Å². The summed E-state index contributed by atoms with van der Waals surface area (Å²) < 4.78 is 16.6. The number of ether oxygens (including phenoxy) is 3. The fourth-order valence-electron chi connectivity index (χ4n) is 2.82. The number of halogens is 1. The minimum absolute atomic E-state index is 0.0701. The molecule has 3 rings (SSSR count). The van der Waals surface area contributed by atoms with Crippen LogP contribution in [0, 0.1) is 10.1 Å². The highest BCUT2D eigenvalue weighted by atomic mass is 79.9. The second-order valence-electron chi connectivity index (χ2n) is 6.65. The number of hydrazone groups is 1. The van der Waals surface area contributed by atoms with Crippen molar-refractivity contribution in [1.29, 1.82) is 0 Å². The lowest BCUT2D eigenvalue weighted by Gasteiger charge is -2.11. The predicted octanol–water partition coefficient (Wildman–Crippen LogP) is 4.36. The fraction of sp³-hybridized carbons (Fsp3) is 0.0870. The van der Waals surface area contributed by atoms with Gasteiger partial charge in [-0.3, -0.25) is 14.9 Å². The van der Waals surface area contributed by atoms with Crippen LogP contribution in [-0.2, 0) is 0 Å². The molecule has 0 atom stereocenters. The highest BCUT2D eigenvalue weighted by Crippen LogP contribution is 2.29. The first-order chi connectivity index (χ1) is 16.3. The van der Waals surface area contributed by atoms with Gasteiger partial charge in [-0.05, 0) is 42.5 Å². The highest BCUT2D eigenvalue weighted by Gasteiger charge is 2.15. The lowest BCUT2D eigenvalue weighted by Crippen LogP contribution is -2.18. The van der Waals surface area contributed by atoms with E-state index in [2.05, 4.69) is 26.5 Å². The lowest BCUT2D eigenvalue weighted by molar-refractivity contribution is -0.384. The summed E-state index contributed by atoms with van der Waals surface area (Å²) in [4.78, 5) is 35.2. The van der Waals surface area contributed by atoms with Gasteiger partial charge in [-0.2, -0.15) is 5.10 Å². The molecule has 1 N–H and O–H groups in total. The van der Waals surface area contributed by atoms with Crippen molar-refractivity contribution in [3.05, 3.63) is 91.9 Å². The van der Waals surface area contributed by atoms with E-state index in [1.165, 1.54) is 50.8 Å². The topological polar surface area (TPSA) is 129 Å². The Morgan fingerprint density at radius 3 is 2.41 bits per heavy atom. The Labute approximate surface area is 202 Å². The third-order valence-corrected chi connectivity index (χ3v) is 4.98. The van der Waals surface area contributed by atoms with Gasteiger partial charge in [0.15, 0.2) is 11.5 Å². The Morgan fingerprint density at radius 2 is 1.71 bits per heavy atom. The molecule has 11 heteroatoms. The van der Waals surface area contributed by atoms with Crippen LogP contribution in [0.1, 0.15) is 26.3 Å². The van der Waals surface area contributed by atoms with E-state index in [1.54, 1.807) is 24.3 Å². The number of hydrogen-bond acceptors (Lipinski definition) is 8. The zero-order chi connectivity index (χ0) is 24.7. The van der Waals surface area contributed by atoms with Gasteiger partial charge < -0.3 is 14.2 Å². The Kier molecular flexibility index (Phi) is 7.93. The summed E-state index contributed by atoms with van der Waals surface area (Å²) in [5.74, 6) is -0.248. The number of benzene rings is 3. The maximum atomic E-state index is 12.7. The number of esters is 1. The van der Waals surface area contributed by atoms with Crippen LogP contribution in [0.5, 0.6) is 17.2 Å². The summed E-state index contributed by atoms with van der Waals surface area (Å²) in [5.41, 5.74) is 2.78. The molecule has 0 aliphatic rings. The Balaban J connectivity index is 1.76. The molecule has 0 spiro atoms. The first-order valence-electron chi connectivity index (χ1n) is 9.64. The number of methoxy groups -OCH3 is 2. The molecular formula is C23H18BrN3O7. The third kappa shape index (κ3) is 5.95. The first-order valence-corrected chi connectivity index (χ1v) is 10.4. The van der Waals surface area contributed by atoms with Crippen molar-refractivity contribution in [2.24, 2.45) is 5.10 Å². The van der Waals surface area contributed by atoms with Crippen molar-refractivity contribution in [2.45, 2.75) is 0 Å². The maximum Gasteiger partial charge on any atom is 0.343 e. The van der Waals surface area contributed by atoms with E-state index in [-0.39, 0.29) is 22.6 Å². The number of nitrogens with zero attached hydrogens (tertiary/aromatic N) is 2. The largest absolute Gasteiger partial charge is 0.493 e. The van der Waals surface area contributed by atoms with Crippen LogP contribution in [0.2, 0.25) is 0 Å². The number of amides is 1. The van der Waals surface area contributed by atoms with E-state index in [0.29, 0.717) is 21.5 Å². The minimum Gasteiger partial charge on any atom is -0.493 e. The fourth-order valence-corrected chi connectivity index (χ4v) is 3.20. The van der Waals surface area contributed by atoms with Crippen molar-refractivity contribution in [2.75, 3.05) is 14.2 Å². The van der Waals surface area contributed by atoms with Gasteiger partial charge in [0, 0.05) is 27.7 Å². The zero-order valence-electron chi connectivity index (χ0n) is 18.0. The van der Waals surface area contributed by atoms with E-state index in [0.717, 1.165) is 6.07 Å². The molecule has 0 fully saturated rings. The summed E-state index contributed by atoms with van der Waals surface area (Å²) in [5, 5.41) is 14.8. The van der Waals surface area contributed by atoms with Gasteiger partial charge in [-0.1, -0.05) is 22.0 Å².